The molecule has 1 unspecified atom stereocenters. The van der Waals surface area contributed by atoms with Gasteiger partial charge in [0.15, 0.2) is 0 Å². The molecule has 1 aromatic carbocycles. The Morgan fingerprint density at radius 2 is 2.21 bits per heavy atom. The SMILES string of the molecule is COc1cccc(Cc2cnc(C3CCCCN3C(=O)c3ccnn3C)o2)c1. The molecular weight excluding hydrogens is 356 g/mol. The van der Waals surface area contributed by atoms with Gasteiger partial charge in [-0.05, 0) is 43.0 Å². The number of carbonyl (C=O) groups excluding carboxylic acids is 1. The Morgan fingerprint density at radius 3 is 3.00 bits per heavy atom. The van der Waals surface area contributed by atoms with Crippen molar-refractivity contribution in [3.8, 4) is 5.75 Å². The summed E-state index contributed by atoms with van der Waals surface area (Å²) < 4.78 is 13.0. The van der Waals surface area contributed by atoms with Gasteiger partial charge in [0, 0.05) is 26.2 Å². The molecule has 146 valence electrons. The first-order valence-corrected chi connectivity index (χ1v) is 9.52. The molecule has 1 atom stereocenters. The van der Waals surface area contributed by atoms with Crippen LogP contribution in [0.1, 0.15) is 53.0 Å². The van der Waals surface area contributed by atoms with Crippen LogP contribution in [0, 0.1) is 0 Å². The Hall–Kier alpha value is -3.09. The number of hydrogen-bond donors (Lipinski definition) is 0. The van der Waals surface area contributed by atoms with Gasteiger partial charge in [-0.1, -0.05) is 12.1 Å². The summed E-state index contributed by atoms with van der Waals surface area (Å²) in [7, 11) is 3.44. The van der Waals surface area contributed by atoms with Gasteiger partial charge >= 0.3 is 0 Å². The van der Waals surface area contributed by atoms with Crippen molar-refractivity contribution in [2.24, 2.45) is 7.05 Å². The molecule has 0 bridgehead atoms. The lowest BCUT2D eigenvalue weighted by molar-refractivity contribution is 0.0558. The summed E-state index contributed by atoms with van der Waals surface area (Å²) in [4.78, 5) is 19.4. The number of piperidine rings is 1. The van der Waals surface area contributed by atoms with E-state index in [0.29, 0.717) is 24.6 Å². The average molecular weight is 380 g/mol. The number of likely N-dealkylation sites (tertiary alicyclic amines) is 1. The fraction of sp³-hybridized carbons (Fsp3) is 0.381. The largest absolute Gasteiger partial charge is 0.497 e. The van der Waals surface area contributed by atoms with Crippen LogP contribution in [0.2, 0.25) is 0 Å². The maximum absolute atomic E-state index is 13.0. The average Bonchev–Trinajstić information content (AvgIpc) is 3.36. The number of methoxy groups -OCH3 is 1. The molecule has 1 amide bonds. The van der Waals surface area contributed by atoms with Gasteiger partial charge in [0.25, 0.3) is 5.91 Å². The second kappa shape index (κ2) is 7.88. The highest BCUT2D eigenvalue weighted by atomic mass is 16.5. The minimum atomic E-state index is -0.143. The third kappa shape index (κ3) is 3.65. The van der Waals surface area contributed by atoms with E-state index in [1.807, 2.05) is 29.2 Å². The van der Waals surface area contributed by atoms with E-state index in [-0.39, 0.29) is 11.9 Å². The van der Waals surface area contributed by atoms with Crippen LogP contribution in [0.5, 0.6) is 5.75 Å². The van der Waals surface area contributed by atoms with Gasteiger partial charge in [-0.15, -0.1) is 0 Å². The molecule has 1 fully saturated rings. The Balaban J connectivity index is 1.54. The normalized spacial score (nSPS) is 16.9. The molecule has 7 heteroatoms. The molecule has 0 radical (unpaired) electrons. The number of carbonyl (C=O) groups is 1. The molecular formula is C21H24N4O3. The molecule has 0 saturated carbocycles. The minimum Gasteiger partial charge on any atom is -0.497 e. The Kier molecular flexibility index (Phi) is 5.14. The summed E-state index contributed by atoms with van der Waals surface area (Å²) in [6, 6.07) is 9.50. The second-order valence-corrected chi connectivity index (χ2v) is 7.04. The second-order valence-electron chi connectivity index (χ2n) is 7.04. The third-order valence-electron chi connectivity index (χ3n) is 5.17. The standard InChI is InChI=1S/C21H24N4O3/c1-24-19(9-10-23-24)21(26)25-11-4-3-8-18(25)20-22-14-17(28-20)13-15-6-5-7-16(12-15)27-2/h5-7,9-10,12,14,18H,3-4,8,11,13H2,1-2H3. The van der Waals surface area contributed by atoms with E-state index in [1.165, 1.54) is 0 Å². The van der Waals surface area contributed by atoms with Crippen LogP contribution < -0.4 is 4.74 Å². The molecule has 0 aliphatic carbocycles. The van der Waals surface area contributed by atoms with Gasteiger partial charge in [-0.25, -0.2) is 4.98 Å². The third-order valence-corrected chi connectivity index (χ3v) is 5.17. The van der Waals surface area contributed by atoms with E-state index in [0.717, 1.165) is 36.3 Å². The van der Waals surface area contributed by atoms with E-state index >= 15 is 0 Å². The molecule has 1 aliphatic rings. The van der Waals surface area contributed by atoms with Crippen LogP contribution in [0.15, 0.2) is 47.1 Å². The number of amides is 1. The molecule has 2 aromatic heterocycles. The highest BCUT2D eigenvalue weighted by Crippen LogP contribution is 2.32. The predicted molar refractivity (Wildman–Crippen MR) is 103 cm³/mol. The number of rotatable bonds is 5. The van der Waals surface area contributed by atoms with Crippen molar-refractivity contribution in [2.75, 3.05) is 13.7 Å². The first-order chi connectivity index (χ1) is 13.7. The fourth-order valence-corrected chi connectivity index (χ4v) is 3.70. The number of aryl methyl sites for hydroxylation is 1. The van der Waals surface area contributed by atoms with Crippen molar-refractivity contribution < 1.29 is 13.9 Å². The number of oxazole rings is 1. The van der Waals surface area contributed by atoms with Crippen LogP contribution in [0.4, 0.5) is 0 Å². The summed E-state index contributed by atoms with van der Waals surface area (Å²) in [6.45, 7) is 0.697. The van der Waals surface area contributed by atoms with Crippen molar-refractivity contribution >= 4 is 5.91 Å². The Bertz CT molecular complexity index is 962. The predicted octanol–water partition coefficient (Wildman–Crippen LogP) is 3.37. The lowest BCUT2D eigenvalue weighted by Gasteiger charge is -2.33. The molecule has 3 aromatic rings. The van der Waals surface area contributed by atoms with Gasteiger partial charge in [0.05, 0.1) is 13.3 Å². The van der Waals surface area contributed by atoms with Gasteiger partial charge in [0.2, 0.25) is 5.89 Å². The van der Waals surface area contributed by atoms with E-state index in [4.69, 9.17) is 9.15 Å². The zero-order valence-electron chi connectivity index (χ0n) is 16.2. The molecule has 0 spiro atoms. The van der Waals surface area contributed by atoms with Crippen molar-refractivity contribution in [3.63, 3.8) is 0 Å². The van der Waals surface area contributed by atoms with Crippen LogP contribution in [-0.4, -0.2) is 39.2 Å². The van der Waals surface area contributed by atoms with E-state index in [1.54, 1.807) is 37.3 Å². The number of nitrogens with zero attached hydrogens (tertiary/aromatic N) is 4. The Labute approximate surface area is 163 Å². The summed E-state index contributed by atoms with van der Waals surface area (Å²) in [5.74, 6) is 2.17. The molecule has 7 nitrogen and oxygen atoms in total. The molecule has 4 rings (SSSR count). The summed E-state index contributed by atoms with van der Waals surface area (Å²) in [5, 5.41) is 4.12. The van der Waals surface area contributed by atoms with Crippen LogP contribution in [0.3, 0.4) is 0 Å². The number of aromatic nitrogens is 3. The first kappa shape index (κ1) is 18.3. The minimum absolute atomic E-state index is 0.0303. The molecule has 0 N–H and O–H groups in total. The van der Waals surface area contributed by atoms with Crippen LogP contribution >= 0.6 is 0 Å². The van der Waals surface area contributed by atoms with E-state index < -0.39 is 0 Å². The number of hydrogen-bond acceptors (Lipinski definition) is 5. The summed E-state index contributed by atoms with van der Waals surface area (Å²) in [5.41, 5.74) is 1.67. The maximum atomic E-state index is 13.0. The van der Waals surface area contributed by atoms with Crippen LogP contribution in [-0.2, 0) is 13.5 Å². The van der Waals surface area contributed by atoms with Crippen molar-refractivity contribution in [1.82, 2.24) is 19.7 Å². The Morgan fingerprint density at radius 1 is 1.32 bits per heavy atom. The van der Waals surface area contributed by atoms with Gasteiger partial charge in [-0.2, -0.15) is 5.10 Å². The summed E-state index contributed by atoms with van der Waals surface area (Å²) in [6.07, 6.45) is 6.92. The monoisotopic (exact) mass is 380 g/mol. The van der Waals surface area contributed by atoms with Crippen LogP contribution in [0.25, 0.3) is 0 Å². The van der Waals surface area contributed by atoms with Gasteiger partial charge in [0.1, 0.15) is 23.2 Å². The topological polar surface area (TPSA) is 73.4 Å². The lowest BCUT2D eigenvalue weighted by atomic mass is 10.0. The summed E-state index contributed by atoms with van der Waals surface area (Å²) >= 11 is 0. The lowest BCUT2D eigenvalue weighted by Crippen LogP contribution is -2.39. The molecule has 28 heavy (non-hydrogen) atoms. The zero-order chi connectivity index (χ0) is 19.5. The highest BCUT2D eigenvalue weighted by Gasteiger charge is 2.33. The van der Waals surface area contributed by atoms with E-state index in [2.05, 4.69) is 10.1 Å². The van der Waals surface area contributed by atoms with Gasteiger partial charge in [-0.3, -0.25) is 9.48 Å². The maximum Gasteiger partial charge on any atom is 0.272 e. The number of benzene rings is 1. The van der Waals surface area contributed by atoms with Gasteiger partial charge < -0.3 is 14.1 Å². The molecule has 1 saturated heterocycles. The quantitative estimate of drug-likeness (QED) is 0.678. The molecule has 1 aliphatic heterocycles. The van der Waals surface area contributed by atoms with Crippen molar-refractivity contribution in [1.29, 1.82) is 0 Å². The zero-order valence-corrected chi connectivity index (χ0v) is 16.2. The smallest absolute Gasteiger partial charge is 0.272 e. The first-order valence-electron chi connectivity index (χ1n) is 9.52. The van der Waals surface area contributed by atoms with Crippen molar-refractivity contribution in [3.05, 3.63) is 65.6 Å². The van der Waals surface area contributed by atoms with E-state index in [9.17, 15) is 4.79 Å². The van der Waals surface area contributed by atoms with Crippen molar-refractivity contribution in [2.45, 2.75) is 31.7 Å². The highest BCUT2D eigenvalue weighted by molar-refractivity contribution is 5.92. The number of ether oxygens (including phenoxy) is 1. The fourth-order valence-electron chi connectivity index (χ4n) is 3.70. The molecule has 3 heterocycles.